The number of esters is 2. The summed E-state index contributed by atoms with van der Waals surface area (Å²) >= 11 is 0. The molecule has 308 valence electrons. The van der Waals surface area contributed by atoms with Gasteiger partial charge in [-0.3, -0.25) is 46.9 Å². The smallest absolute Gasteiger partial charge is 0.463 e. The maximum atomic E-state index is 12.2. The van der Waals surface area contributed by atoms with Gasteiger partial charge in [0.1, 0.15) is 18.6 Å². The number of amides is 4. The molecule has 4 unspecified atom stereocenters. The molecule has 0 aromatic rings. The number of rotatable bonds is 30. The molecule has 0 saturated heterocycles. The fraction of sp³-hybridized carbons (Fsp3) is 0.793. The molecule has 6 atom stereocenters. The van der Waals surface area contributed by atoms with E-state index in [4.69, 9.17) is 37.0 Å². The summed E-state index contributed by atoms with van der Waals surface area (Å²) in [7, 11) is -9.22. The van der Waals surface area contributed by atoms with Gasteiger partial charge in [-0.15, -0.1) is 0 Å². The van der Waals surface area contributed by atoms with Crippen LogP contribution in [0.4, 0.5) is 0 Å². The SMILES string of the molecule is CC(=O)NC(COCC[C@@H](C)OC(C)=O)COP(=O)(O)OCCNC(=O)CC(=O)NCCOP(=O)(O)OCC(COCC[C@@H](C)OC(C)=O)NC(C)=O. The van der Waals surface area contributed by atoms with Crippen molar-refractivity contribution in [2.45, 2.75) is 85.1 Å². The molecule has 0 aliphatic rings. The summed E-state index contributed by atoms with van der Waals surface area (Å²) in [5.41, 5.74) is 0. The Bertz CT molecular complexity index is 1170. The quantitative estimate of drug-likeness (QED) is 0.0233. The predicted octanol–water partition coefficient (Wildman–Crippen LogP) is -0.398. The second-order valence-electron chi connectivity index (χ2n) is 11.4. The first-order chi connectivity index (χ1) is 24.7. The highest BCUT2D eigenvalue weighted by atomic mass is 31.2. The van der Waals surface area contributed by atoms with Crippen LogP contribution in [0.25, 0.3) is 0 Å². The topological polar surface area (TPSA) is 299 Å². The number of carbonyl (C=O) groups excluding carboxylic acids is 6. The van der Waals surface area contributed by atoms with Crippen molar-refractivity contribution in [2.75, 3.05) is 65.9 Å². The fourth-order valence-electron chi connectivity index (χ4n) is 3.89. The van der Waals surface area contributed by atoms with E-state index in [9.17, 15) is 47.7 Å². The van der Waals surface area contributed by atoms with Gasteiger partial charge in [0.25, 0.3) is 0 Å². The van der Waals surface area contributed by atoms with Gasteiger partial charge in [0.15, 0.2) is 0 Å². The highest BCUT2D eigenvalue weighted by Gasteiger charge is 2.25. The molecule has 53 heavy (non-hydrogen) atoms. The molecule has 0 saturated carbocycles. The number of carbonyl (C=O) groups is 6. The summed E-state index contributed by atoms with van der Waals surface area (Å²) < 4.78 is 64.7. The minimum Gasteiger partial charge on any atom is -0.463 e. The minimum atomic E-state index is -4.61. The zero-order chi connectivity index (χ0) is 40.5. The van der Waals surface area contributed by atoms with Gasteiger partial charge in [0, 0.05) is 53.6 Å². The van der Waals surface area contributed by atoms with E-state index in [1.807, 2.05) is 0 Å². The number of nitrogens with one attached hydrogen (secondary N) is 4. The summed E-state index contributed by atoms with van der Waals surface area (Å²) in [6.45, 7) is 6.18. The lowest BCUT2D eigenvalue weighted by Gasteiger charge is -2.20. The van der Waals surface area contributed by atoms with Crippen LogP contribution in [0.5, 0.6) is 0 Å². The monoisotopic (exact) mass is 808 g/mol. The maximum Gasteiger partial charge on any atom is 0.472 e. The molecular formula is C29H54N4O18P2. The van der Waals surface area contributed by atoms with Gasteiger partial charge in [-0.05, 0) is 13.8 Å². The molecule has 0 rings (SSSR count). The van der Waals surface area contributed by atoms with E-state index in [-0.39, 0.29) is 39.5 Å². The van der Waals surface area contributed by atoms with Crippen LogP contribution in [-0.4, -0.2) is 136 Å². The Morgan fingerprint density at radius 1 is 0.566 bits per heavy atom. The van der Waals surface area contributed by atoms with Gasteiger partial charge in [-0.25, -0.2) is 9.13 Å². The van der Waals surface area contributed by atoms with E-state index in [1.165, 1.54) is 27.7 Å². The highest BCUT2D eigenvalue weighted by Crippen LogP contribution is 2.43. The number of phosphoric acid groups is 2. The van der Waals surface area contributed by atoms with Gasteiger partial charge in [-0.1, -0.05) is 0 Å². The van der Waals surface area contributed by atoms with Gasteiger partial charge < -0.3 is 50.0 Å². The second kappa shape index (κ2) is 27.5. The Labute approximate surface area is 308 Å². The largest absolute Gasteiger partial charge is 0.472 e. The Morgan fingerprint density at radius 2 is 0.925 bits per heavy atom. The van der Waals surface area contributed by atoms with E-state index in [1.54, 1.807) is 13.8 Å². The summed E-state index contributed by atoms with van der Waals surface area (Å²) in [6, 6.07) is -1.62. The molecular weight excluding hydrogens is 754 g/mol. The van der Waals surface area contributed by atoms with E-state index in [2.05, 4.69) is 21.3 Å². The van der Waals surface area contributed by atoms with Crippen molar-refractivity contribution in [1.82, 2.24) is 21.3 Å². The zero-order valence-corrected chi connectivity index (χ0v) is 32.6. The summed E-state index contributed by atoms with van der Waals surface area (Å²) in [5, 5.41) is 9.61. The lowest BCUT2D eigenvalue weighted by Crippen LogP contribution is -2.40. The Kier molecular flexibility index (Phi) is 25.9. The maximum absolute atomic E-state index is 12.2. The number of hydrogen-bond acceptors (Lipinski definition) is 16. The van der Waals surface area contributed by atoms with Crippen molar-refractivity contribution in [2.24, 2.45) is 0 Å². The van der Waals surface area contributed by atoms with Crippen molar-refractivity contribution < 1.29 is 84.7 Å². The number of phosphoric ester groups is 2. The first-order valence-corrected chi connectivity index (χ1v) is 19.5. The molecule has 0 fully saturated rings. The van der Waals surface area contributed by atoms with Crippen LogP contribution < -0.4 is 21.3 Å². The molecule has 0 aromatic heterocycles. The van der Waals surface area contributed by atoms with Crippen molar-refractivity contribution >= 4 is 51.2 Å². The van der Waals surface area contributed by atoms with Crippen LogP contribution in [0.1, 0.15) is 60.8 Å². The predicted molar refractivity (Wildman–Crippen MR) is 183 cm³/mol. The molecule has 0 spiro atoms. The van der Waals surface area contributed by atoms with Crippen LogP contribution >= 0.6 is 15.6 Å². The summed E-state index contributed by atoms with van der Waals surface area (Å²) in [6.07, 6.45) is -0.681. The third-order valence-corrected chi connectivity index (χ3v) is 8.05. The molecule has 0 aliphatic heterocycles. The Morgan fingerprint density at radius 3 is 1.25 bits per heavy atom. The van der Waals surface area contributed by atoms with Crippen LogP contribution in [0.15, 0.2) is 0 Å². The fourth-order valence-corrected chi connectivity index (χ4v) is 5.42. The Balaban J connectivity index is 4.37. The van der Waals surface area contributed by atoms with Crippen molar-refractivity contribution in [3.8, 4) is 0 Å². The van der Waals surface area contributed by atoms with Crippen LogP contribution in [0.3, 0.4) is 0 Å². The molecule has 22 nitrogen and oxygen atoms in total. The van der Waals surface area contributed by atoms with Crippen LogP contribution in [0.2, 0.25) is 0 Å². The molecule has 0 radical (unpaired) electrons. The average Bonchev–Trinajstić information content (AvgIpc) is 3.02. The van der Waals surface area contributed by atoms with Gasteiger partial charge in [0.2, 0.25) is 23.6 Å². The van der Waals surface area contributed by atoms with E-state index in [0.29, 0.717) is 12.8 Å². The zero-order valence-electron chi connectivity index (χ0n) is 30.8. The Hall–Kier alpha value is -3.04. The van der Waals surface area contributed by atoms with E-state index in [0.717, 1.165) is 0 Å². The average molecular weight is 809 g/mol. The molecule has 24 heteroatoms. The molecule has 0 heterocycles. The van der Waals surface area contributed by atoms with Crippen LogP contribution in [0, 0.1) is 0 Å². The van der Waals surface area contributed by atoms with E-state index < -0.39 is 108 Å². The summed E-state index contributed by atoms with van der Waals surface area (Å²) in [5.74, 6) is -3.30. The van der Waals surface area contributed by atoms with Gasteiger partial charge in [0.05, 0.1) is 64.9 Å². The molecule has 0 bridgehead atoms. The third kappa shape index (κ3) is 31.1. The van der Waals surface area contributed by atoms with Gasteiger partial charge in [-0.2, -0.15) is 0 Å². The first-order valence-electron chi connectivity index (χ1n) is 16.5. The van der Waals surface area contributed by atoms with E-state index >= 15 is 0 Å². The number of hydrogen-bond donors (Lipinski definition) is 6. The number of ether oxygens (including phenoxy) is 4. The molecule has 0 aromatic carbocycles. The lowest BCUT2D eigenvalue weighted by atomic mass is 10.3. The van der Waals surface area contributed by atoms with Gasteiger partial charge >= 0.3 is 27.6 Å². The minimum absolute atomic E-state index is 0.0809. The molecule has 4 amide bonds. The highest BCUT2D eigenvalue weighted by molar-refractivity contribution is 7.47. The molecule has 0 aliphatic carbocycles. The standard InChI is InChI=1S/C29H54N4O18P2/c1-20(50-24(5)36)7-11-44-16-26(32-22(3)34)18-48-52(40,41)46-13-9-30-28(38)15-29(39)31-10-14-47-53(42,43)49-19-27(33-23(4)35)17-45-12-8-21(2)51-25(6)37/h20-21,26-27H,7-19H2,1-6H3,(H,30,38)(H,31,39)(H,32,34)(H,33,35)(H,40,41)(H,42,43)/t20-,21-,26?,27?/m1/s1. The third-order valence-electron chi connectivity index (χ3n) is 6.08. The lowest BCUT2D eigenvalue weighted by molar-refractivity contribution is -0.147. The van der Waals surface area contributed by atoms with Crippen LogP contribution in [-0.2, 0) is 74.9 Å². The summed E-state index contributed by atoms with van der Waals surface area (Å²) in [4.78, 5) is 88.8. The molecule has 6 N–H and O–H groups in total. The van der Waals surface area contributed by atoms with Crippen molar-refractivity contribution in [3.63, 3.8) is 0 Å². The second-order valence-corrected chi connectivity index (χ2v) is 14.3. The first kappa shape index (κ1) is 50.0. The van der Waals surface area contributed by atoms with Crippen molar-refractivity contribution in [1.29, 1.82) is 0 Å². The normalized spacial score (nSPS) is 15.7. The van der Waals surface area contributed by atoms with Crippen molar-refractivity contribution in [3.05, 3.63) is 0 Å².